The smallest absolute Gasteiger partial charge is 0.248 e. The van der Waals surface area contributed by atoms with Crippen LogP contribution in [-0.2, 0) is 10.0 Å². The fourth-order valence-electron chi connectivity index (χ4n) is 2.25. The molecule has 0 aromatic heterocycles. The third-order valence-electron chi connectivity index (χ3n) is 2.98. The van der Waals surface area contributed by atoms with Gasteiger partial charge < -0.3 is 5.73 Å². The first kappa shape index (κ1) is 14.6. The summed E-state index contributed by atoms with van der Waals surface area (Å²) in [5, 5.41) is 0.373. The van der Waals surface area contributed by atoms with Crippen LogP contribution in [0.15, 0.2) is 23.1 Å². The van der Waals surface area contributed by atoms with Crippen LogP contribution < -0.4 is 5.73 Å². The number of hydrogen-bond donors (Lipinski definition) is 1. The fraction of sp³-hybridized carbons (Fsp3) is 0.500. The van der Waals surface area contributed by atoms with Crippen molar-refractivity contribution in [3.05, 3.63) is 24.0 Å². The largest absolute Gasteiger partial charge is 0.398 e. The molecule has 1 heterocycles. The van der Waals surface area contributed by atoms with Gasteiger partial charge in [-0.3, -0.25) is 0 Å². The van der Waals surface area contributed by atoms with E-state index in [2.05, 4.69) is 0 Å². The molecule has 7 heteroatoms. The number of anilines is 1. The molecule has 1 aliphatic heterocycles. The summed E-state index contributed by atoms with van der Waals surface area (Å²) in [6.45, 7) is 4.69. The van der Waals surface area contributed by atoms with Crippen LogP contribution in [0.3, 0.4) is 0 Å². The van der Waals surface area contributed by atoms with Gasteiger partial charge in [0, 0.05) is 23.6 Å². The molecule has 2 N–H and O–H groups in total. The lowest BCUT2D eigenvalue weighted by atomic mass is 10.3. The lowest BCUT2D eigenvalue weighted by molar-refractivity contribution is 0.402. The molecule has 0 bridgehead atoms. The average Bonchev–Trinajstić information content (AvgIpc) is 2.26. The highest BCUT2D eigenvalue weighted by molar-refractivity contribution is 8.00. The van der Waals surface area contributed by atoms with Crippen LogP contribution in [0, 0.1) is 5.82 Å². The molecule has 1 saturated heterocycles. The molecule has 2 atom stereocenters. The molecule has 106 valence electrons. The Kier molecular flexibility index (Phi) is 4.08. The van der Waals surface area contributed by atoms with Crippen molar-refractivity contribution in [2.75, 3.05) is 18.8 Å². The number of benzene rings is 1. The van der Waals surface area contributed by atoms with Gasteiger partial charge in [-0.1, -0.05) is 19.9 Å². The standard InChI is InChI=1S/C12H17FN2O2S2/c1-8-6-15(7-9(2)18-8)19(16,17)12-10(13)4-3-5-11(12)14/h3-5,8-9H,6-7,14H2,1-2H3. The van der Waals surface area contributed by atoms with Gasteiger partial charge in [-0.25, -0.2) is 12.8 Å². The van der Waals surface area contributed by atoms with E-state index in [4.69, 9.17) is 5.73 Å². The summed E-state index contributed by atoms with van der Waals surface area (Å²) in [6.07, 6.45) is 0. The van der Waals surface area contributed by atoms with Crippen LogP contribution in [-0.4, -0.2) is 36.3 Å². The molecule has 0 saturated carbocycles. The second-order valence-corrected chi connectivity index (χ2v) is 8.49. The van der Waals surface area contributed by atoms with Gasteiger partial charge in [0.05, 0.1) is 5.69 Å². The van der Waals surface area contributed by atoms with Crippen LogP contribution in [0.1, 0.15) is 13.8 Å². The van der Waals surface area contributed by atoms with Crippen LogP contribution in [0.4, 0.5) is 10.1 Å². The summed E-state index contributed by atoms with van der Waals surface area (Å²) in [4.78, 5) is -0.402. The van der Waals surface area contributed by atoms with Crippen molar-refractivity contribution in [2.24, 2.45) is 0 Å². The molecule has 2 rings (SSSR count). The zero-order valence-electron chi connectivity index (χ0n) is 10.8. The summed E-state index contributed by atoms with van der Waals surface area (Å²) in [5.74, 6) is -0.793. The minimum Gasteiger partial charge on any atom is -0.398 e. The summed E-state index contributed by atoms with van der Waals surface area (Å²) >= 11 is 1.73. The van der Waals surface area contributed by atoms with Gasteiger partial charge in [-0.05, 0) is 12.1 Å². The van der Waals surface area contributed by atoms with Crippen LogP contribution in [0.5, 0.6) is 0 Å². The van der Waals surface area contributed by atoms with Crippen molar-refractivity contribution in [1.29, 1.82) is 0 Å². The Morgan fingerprint density at radius 3 is 2.42 bits per heavy atom. The summed E-state index contributed by atoms with van der Waals surface area (Å²) in [7, 11) is -3.87. The van der Waals surface area contributed by atoms with E-state index in [1.54, 1.807) is 11.8 Å². The van der Waals surface area contributed by atoms with E-state index >= 15 is 0 Å². The first-order valence-electron chi connectivity index (χ1n) is 6.02. The molecular weight excluding hydrogens is 287 g/mol. The Balaban J connectivity index is 2.42. The number of halogens is 1. The number of nitrogens with zero attached hydrogens (tertiary/aromatic N) is 1. The van der Waals surface area contributed by atoms with E-state index in [0.717, 1.165) is 6.07 Å². The summed E-state index contributed by atoms with van der Waals surface area (Å²) < 4.78 is 40.2. The topological polar surface area (TPSA) is 63.4 Å². The summed E-state index contributed by atoms with van der Waals surface area (Å²) in [5.41, 5.74) is 5.59. The molecule has 2 unspecified atom stereocenters. The molecule has 0 radical (unpaired) electrons. The Labute approximate surface area is 117 Å². The third kappa shape index (κ3) is 2.88. The number of hydrogen-bond acceptors (Lipinski definition) is 4. The Morgan fingerprint density at radius 2 is 1.89 bits per heavy atom. The van der Waals surface area contributed by atoms with Crippen LogP contribution >= 0.6 is 11.8 Å². The van der Waals surface area contributed by atoms with E-state index in [1.807, 2.05) is 13.8 Å². The molecule has 4 nitrogen and oxygen atoms in total. The highest BCUT2D eigenvalue weighted by Gasteiger charge is 2.34. The van der Waals surface area contributed by atoms with E-state index in [9.17, 15) is 12.8 Å². The zero-order chi connectivity index (χ0) is 14.2. The highest BCUT2D eigenvalue weighted by Crippen LogP contribution is 2.31. The van der Waals surface area contributed by atoms with Crippen LogP contribution in [0.25, 0.3) is 0 Å². The zero-order valence-corrected chi connectivity index (χ0v) is 12.5. The lowest BCUT2D eigenvalue weighted by Crippen LogP contribution is -2.44. The minimum absolute atomic E-state index is 0.0430. The first-order valence-corrected chi connectivity index (χ1v) is 8.40. The number of nitrogens with two attached hydrogens (primary N) is 1. The molecule has 1 aromatic carbocycles. The number of thioether (sulfide) groups is 1. The van der Waals surface area contributed by atoms with Gasteiger partial charge in [-0.15, -0.1) is 0 Å². The molecule has 0 spiro atoms. The maximum atomic E-state index is 13.8. The van der Waals surface area contributed by atoms with Crippen molar-refractivity contribution in [3.8, 4) is 0 Å². The molecule has 0 amide bonds. The number of rotatable bonds is 2. The molecule has 0 aliphatic carbocycles. The van der Waals surface area contributed by atoms with Gasteiger partial charge in [0.25, 0.3) is 0 Å². The predicted octanol–water partition coefficient (Wildman–Crippen LogP) is 1.92. The Bertz CT molecular complexity index is 547. The number of nitrogen functional groups attached to an aromatic ring is 1. The fourth-order valence-corrected chi connectivity index (χ4v) is 5.55. The van der Waals surface area contributed by atoms with Crippen LogP contribution in [0.2, 0.25) is 0 Å². The molecule has 19 heavy (non-hydrogen) atoms. The van der Waals surface area contributed by atoms with Crippen molar-refractivity contribution < 1.29 is 12.8 Å². The van der Waals surface area contributed by atoms with Crippen molar-refractivity contribution >= 4 is 27.5 Å². The normalized spacial score (nSPS) is 25.4. The van der Waals surface area contributed by atoms with Gasteiger partial charge in [-0.2, -0.15) is 16.1 Å². The van der Waals surface area contributed by atoms with Gasteiger partial charge in [0.1, 0.15) is 10.7 Å². The van der Waals surface area contributed by atoms with E-state index in [0.29, 0.717) is 13.1 Å². The molecule has 1 aromatic rings. The second kappa shape index (κ2) is 5.30. The van der Waals surface area contributed by atoms with E-state index in [1.165, 1.54) is 16.4 Å². The van der Waals surface area contributed by atoms with Gasteiger partial charge in [0.15, 0.2) is 0 Å². The van der Waals surface area contributed by atoms with E-state index in [-0.39, 0.29) is 16.2 Å². The Morgan fingerprint density at radius 1 is 1.32 bits per heavy atom. The number of sulfonamides is 1. The second-order valence-electron chi connectivity index (χ2n) is 4.74. The SMILES string of the molecule is CC1CN(S(=O)(=O)c2c(N)cccc2F)CC(C)S1. The maximum Gasteiger partial charge on any atom is 0.248 e. The van der Waals surface area contributed by atoms with Gasteiger partial charge >= 0.3 is 0 Å². The van der Waals surface area contributed by atoms with Gasteiger partial charge in [0.2, 0.25) is 10.0 Å². The predicted molar refractivity (Wildman–Crippen MR) is 76.1 cm³/mol. The minimum atomic E-state index is -3.87. The van der Waals surface area contributed by atoms with Crippen molar-refractivity contribution in [3.63, 3.8) is 0 Å². The quantitative estimate of drug-likeness (QED) is 0.848. The Hall–Kier alpha value is -0.790. The average molecular weight is 304 g/mol. The lowest BCUT2D eigenvalue weighted by Gasteiger charge is -2.33. The van der Waals surface area contributed by atoms with E-state index < -0.39 is 20.7 Å². The maximum absolute atomic E-state index is 13.8. The first-order chi connectivity index (χ1) is 8.82. The van der Waals surface area contributed by atoms with Crippen molar-refractivity contribution in [2.45, 2.75) is 29.2 Å². The third-order valence-corrected chi connectivity index (χ3v) is 6.13. The molecule has 1 fully saturated rings. The monoisotopic (exact) mass is 304 g/mol. The highest BCUT2D eigenvalue weighted by atomic mass is 32.2. The summed E-state index contributed by atoms with van der Waals surface area (Å²) in [6, 6.07) is 3.93. The molecule has 1 aliphatic rings. The molecular formula is C12H17FN2O2S2. The van der Waals surface area contributed by atoms with Crippen molar-refractivity contribution in [1.82, 2.24) is 4.31 Å².